The van der Waals surface area contributed by atoms with Crippen LogP contribution in [0.5, 0.6) is 0 Å². The number of carboxylic acids is 1. The molecule has 19 heavy (non-hydrogen) atoms. The van der Waals surface area contributed by atoms with Crippen molar-refractivity contribution in [3.63, 3.8) is 0 Å². The molecule has 5 nitrogen and oxygen atoms in total. The molecule has 1 N–H and O–H groups in total. The molecule has 0 bridgehead atoms. The molecule has 1 aliphatic rings. The maximum Gasteiger partial charge on any atom is 0.306 e. The fraction of sp³-hybridized carbons (Fsp3) is 0.462. The number of aromatic nitrogens is 1. The molecule has 6 heteroatoms. The lowest BCUT2D eigenvalue weighted by Gasteiger charge is -2.36. The van der Waals surface area contributed by atoms with Gasteiger partial charge in [-0.2, -0.15) is 0 Å². The Balaban J connectivity index is 2.13. The quantitative estimate of drug-likeness (QED) is 0.843. The number of aliphatic carboxylic acids is 1. The van der Waals surface area contributed by atoms with Gasteiger partial charge in [-0.15, -0.1) is 0 Å². The lowest BCUT2D eigenvalue weighted by atomic mass is 9.91. The molecule has 1 aromatic rings. The molecule has 102 valence electrons. The molecule has 0 aromatic carbocycles. The van der Waals surface area contributed by atoms with Crippen molar-refractivity contribution in [3.8, 4) is 0 Å². The van der Waals surface area contributed by atoms with Gasteiger partial charge in [-0.05, 0) is 31.9 Å². The summed E-state index contributed by atoms with van der Waals surface area (Å²) in [7, 11) is 0. The number of piperidine rings is 1. The molecule has 1 saturated heterocycles. The summed E-state index contributed by atoms with van der Waals surface area (Å²) in [5.41, 5.74) is 0.366. The minimum atomic E-state index is -0.793. The minimum absolute atomic E-state index is 0.112. The molecule has 2 heterocycles. The number of amides is 1. The number of carboxylic acid groups (broad SMARTS) is 1. The summed E-state index contributed by atoms with van der Waals surface area (Å²) in [5, 5.41) is 9.19. The molecule has 1 aromatic heterocycles. The monoisotopic (exact) mass is 282 g/mol. The lowest BCUT2D eigenvalue weighted by Crippen LogP contribution is -2.46. The third kappa shape index (κ3) is 2.87. The van der Waals surface area contributed by atoms with Gasteiger partial charge in [0.25, 0.3) is 5.91 Å². The fourth-order valence-corrected chi connectivity index (χ4v) is 2.60. The predicted octanol–water partition coefficient (Wildman–Crippen LogP) is 2.06. The molecule has 1 fully saturated rings. The van der Waals surface area contributed by atoms with E-state index in [1.165, 1.54) is 6.20 Å². The molecule has 1 aliphatic heterocycles. The van der Waals surface area contributed by atoms with Gasteiger partial charge in [0.05, 0.1) is 11.5 Å². The maximum absolute atomic E-state index is 12.4. The van der Waals surface area contributed by atoms with Crippen LogP contribution >= 0.6 is 11.6 Å². The van der Waals surface area contributed by atoms with Crippen LogP contribution in [0.3, 0.4) is 0 Å². The van der Waals surface area contributed by atoms with Crippen molar-refractivity contribution in [1.82, 2.24) is 9.88 Å². The summed E-state index contributed by atoms with van der Waals surface area (Å²) >= 11 is 5.91. The van der Waals surface area contributed by atoms with Crippen LogP contribution in [0.2, 0.25) is 5.15 Å². The number of likely N-dealkylation sites (tertiary alicyclic amines) is 1. The first kappa shape index (κ1) is 13.8. The van der Waals surface area contributed by atoms with Crippen molar-refractivity contribution in [2.75, 3.05) is 6.54 Å². The number of hydrogen-bond donors (Lipinski definition) is 1. The van der Waals surface area contributed by atoms with Gasteiger partial charge in [0.1, 0.15) is 5.15 Å². The first-order valence-corrected chi connectivity index (χ1v) is 6.52. The smallest absolute Gasteiger partial charge is 0.306 e. The van der Waals surface area contributed by atoms with E-state index in [-0.39, 0.29) is 23.0 Å². The summed E-state index contributed by atoms with van der Waals surface area (Å²) in [6.07, 6.45) is 2.47. The van der Waals surface area contributed by atoms with Gasteiger partial charge in [-0.1, -0.05) is 11.6 Å². The molecular formula is C13H15ClN2O3. The Morgan fingerprint density at radius 1 is 1.53 bits per heavy atom. The summed E-state index contributed by atoms with van der Waals surface area (Å²) in [6.45, 7) is 2.29. The molecule has 1 amide bonds. The van der Waals surface area contributed by atoms with Crippen LogP contribution < -0.4 is 0 Å². The van der Waals surface area contributed by atoms with Crippen LogP contribution in [-0.2, 0) is 4.79 Å². The summed E-state index contributed by atoms with van der Waals surface area (Å²) < 4.78 is 0. The van der Waals surface area contributed by atoms with E-state index in [1.54, 1.807) is 17.0 Å². The summed E-state index contributed by atoms with van der Waals surface area (Å²) in [6, 6.07) is 3.18. The van der Waals surface area contributed by atoms with Gasteiger partial charge in [0.2, 0.25) is 0 Å². The Labute approximate surface area is 116 Å². The second kappa shape index (κ2) is 5.57. The molecule has 0 aliphatic carbocycles. The molecule has 2 unspecified atom stereocenters. The SMILES string of the molecule is CC1CC(C(=O)O)CCN1C(=O)c1cccnc1Cl. The van der Waals surface area contributed by atoms with Gasteiger partial charge in [-0.25, -0.2) is 4.98 Å². The normalized spacial score (nSPS) is 23.2. The zero-order chi connectivity index (χ0) is 14.0. The van der Waals surface area contributed by atoms with Crippen molar-refractivity contribution >= 4 is 23.5 Å². The molecule has 2 atom stereocenters. The van der Waals surface area contributed by atoms with Crippen molar-refractivity contribution < 1.29 is 14.7 Å². The maximum atomic E-state index is 12.4. The number of rotatable bonds is 2. The third-order valence-corrected chi connectivity index (χ3v) is 3.78. The van der Waals surface area contributed by atoms with Crippen molar-refractivity contribution in [1.29, 1.82) is 0 Å². The highest BCUT2D eigenvalue weighted by molar-refractivity contribution is 6.32. The highest BCUT2D eigenvalue weighted by atomic mass is 35.5. The zero-order valence-electron chi connectivity index (χ0n) is 10.5. The molecule has 0 saturated carbocycles. The number of carbonyl (C=O) groups excluding carboxylic acids is 1. The van der Waals surface area contributed by atoms with Crippen LogP contribution in [0.25, 0.3) is 0 Å². The standard InChI is InChI=1S/C13H15ClN2O3/c1-8-7-9(13(18)19)4-6-16(8)12(17)10-3-2-5-15-11(10)14/h2-3,5,8-9H,4,6-7H2,1H3,(H,18,19). The van der Waals surface area contributed by atoms with Crippen molar-refractivity contribution in [3.05, 3.63) is 29.0 Å². The van der Waals surface area contributed by atoms with Crippen LogP contribution in [0.1, 0.15) is 30.1 Å². The molecule has 0 radical (unpaired) electrons. The second-order valence-electron chi connectivity index (χ2n) is 4.75. The van der Waals surface area contributed by atoms with E-state index in [2.05, 4.69) is 4.98 Å². The average molecular weight is 283 g/mol. The van der Waals surface area contributed by atoms with E-state index in [1.807, 2.05) is 6.92 Å². The number of hydrogen-bond acceptors (Lipinski definition) is 3. The van der Waals surface area contributed by atoms with Crippen LogP contribution in [0, 0.1) is 5.92 Å². The van der Waals surface area contributed by atoms with Crippen LogP contribution in [0.15, 0.2) is 18.3 Å². The fourth-order valence-electron chi connectivity index (χ4n) is 2.40. The Kier molecular flexibility index (Phi) is 4.04. The summed E-state index contributed by atoms with van der Waals surface area (Å²) in [4.78, 5) is 28.9. The Morgan fingerprint density at radius 3 is 2.84 bits per heavy atom. The van der Waals surface area contributed by atoms with Crippen LogP contribution in [-0.4, -0.2) is 39.5 Å². The van der Waals surface area contributed by atoms with Gasteiger partial charge >= 0.3 is 5.97 Å². The van der Waals surface area contributed by atoms with E-state index >= 15 is 0 Å². The minimum Gasteiger partial charge on any atom is -0.481 e. The predicted molar refractivity (Wildman–Crippen MR) is 70.1 cm³/mol. The number of nitrogens with zero attached hydrogens (tertiary/aromatic N) is 2. The van der Waals surface area contributed by atoms with Gasteiger partial charge in [0.15, 0.2) is 0 Å². The van der Waals surface area contributed by atoms with E-state index in [0.717, 1.165) is 0 Å². The van der Waals surface area contributed by atoms with Gasteiger partial charge in [0, 0.05) is 18.8 Å². The molecular weight excluding hydrogens is 268 g/mol. The lowest BCUT2D eigenvalue weighted by molar-refractivity contribution is -0.143. The largest absolute Gasteiger partial charge is 0.481 e. The Bertz CT molecular complexity index is 506. The van der Waals surface area contributed by atoms with Gasteiger partial charge in [-0.3, -0.25) is 9.59 Å². The highest BCUT2D eigenvalue weighted by Gasteiger charge is 2.33. The van der Waals surface area contributed by atoms with E-state index in [9.17, 15) is 9.59 Å². The average Bonchev–Trinajstić information content (AvgIpc) is 2.38. The second-order valence-corrected chi connectivity index (χ2v) is 5.11. The van der Waals surface area contributed by atoms with Crippen molar-refractivity contribution in [2.45, 2.75) is 25.8 Å². The number of carbonyl (C=O) groups is 2. The molecule has 0 spiro atoms. The summed E-state index contributed by atoms with van der Waals surface area (Å²) in [5.74, 6) is -1.35. The van der Waals surface area contributed by atoms with Crippen molar-refractivity contribution in [2.24, 2.45) is 5.92 Å². The van der Waals surface area contributed by atoms with E-state index in [0.29, 0.717) is 24.9 Å². The Morgan fingerprint density at radius 2 is 2.26 bits per heavy atom. The molecule has 2 rings (SSSR count). The number of pyridine rings is 1. The van der Waals surface area contributed by atoms with Crippen LogP contribution in [0.4, 0.5) is 0 Å². The Hall–Kier alpha value is -1.62. The van der Waals surface area contributed by atoms with E-state index in [4.69, 9.17) is 16.7 Å². The number of halogens is 1. The third-order valence-electron chi connectivity index (χ3n) is 3.48. The first-order valence-electron chi connectivity index (χ1n) is 6.15. The topological polar surface area (TPSA) is 70.5 Å². The van der Waals surface area contributed by atoms with E-state index < -0.39 is 5.97 Å². The zero-order valence-corrected chi connectivity index (χ0v) is 11.3. The van der Waals surface area contributed by atoms with Gasteiger partial charge < -0.3 is 10.0 Å². The first-order chi connectivity index (χ1) is 9.00. The highest BCUT2D eigenvalue weighted by Crippen LogP contribution is 2.25.